The molecule has 0 aromatic heterocycles. The summed E-state index contributed by atoms with van der Waals surface area (Å²) in [4.78, 5) is 23.6. The number of carbonyl (C=O) groups is 2. The number of benzene rings is 2. The number of hydrogen-bond donors (Lipinski definition) is 2. The first-order chi connectivity index (χ1) is 14.0. The Bertz CT molecular complexity index is 800. The Labute approximate surface area is 173 Å². The van der Waals surface area contributed by atoms with Crippen LogP contribution < -0.4 is 15.4 Å². The minimum Gasteiger partial charge on any atom is -0.493 e. The maximum Gasteiger partial charge on any atom is 0.224 e. The van der Waals surface area contributed by atoms with Gasteiger partial charge in [-0.25, -0.2) is 0 Å². The van der Waals surface area contributed by atoms with Crippen molar-refractivity contribution in [1.29, 1.82) is 0 Å². The second-order valence-corrected chi connectivity index (χ2v) is 7.35. The first-order valence-corrected chi connectivity index (χ1v) is 10.3. The Kier molecular flexibility index (Phi) is 9.22. The number of unbranched alkanes of at least 4 members (excludes halogenated alkanes) is 1. The summed E-state index contributed by atoms with van der Waals surface area (Å²) in [6, 6.07) is 13.7. The lowest BCUT2D eigenvalue weighted by molar-refractivity contribution is -0.121. The smallest absolute Gasteiger partial charge is 0.224 e. The van der Waals surface area contributed by atoms with Crippen LogP contribution in [0.2, 0.25) is 0 Å². The van der Waals surface area contributed by atoms with Crippen molar-refractivity contribution < 1.29 is 14.3 Å². The molecule has 156 valence electrons. The zero-order valence-electron chi connectivity index (χ0n) is 17.7. The standard InChI is InChI=1S/C24H32N2O3/c1-4-7-24(28)26-21-13-11-20(12-14-21)17-25-23(27)8-5-6-15-29-22-16-18(2)9-10-19(22)3/h9-14,16H,4-8,15,17H2,1-3H3,(H,25,27)(H,26,28). The summed E-state index contributed by atoms with van der Waals surface area (Å²) in [5.74, 6) is 0.982. The normalized spacial score (nSPS) is 10.4. The molecule has 5 heteroatoms. The third-order valence-corrected chi connectivity index (χ3v) is 4.60. The van der Waals surface area contributed by atoms with Crippen molar-refractivity contribution in [3.63, 3.8) is 0 Å². The van der Waals surface area contributed by atoms with Gasteiger partial charge in [0, 0.05) is 25.1 Å². The summed E-state index contributed by atoms with van der Waals surface area (Å²) >= 11 is 0. The van der Waals surface area contributed by atoms with Crippen LogP contribution in [0.1, 0.15) is 55.7 Å². The van der Waals surface area contributed by atoms with Crippen molar-refractivity contribution in [1.82, 2.24) is 5.32 Å². The van der Waals surface area contributed by atoms with Gasteiger partial charge in [0.25, 0.3) is 0 Å². The molecule has 2 rings (SSSR count). The van der Waals surface area contributed by atoms with Crippen molar-refractivity contribution in [2.45, 2.75) is 59.4 Å². The Balaban J connectivity index is 1.62. The van der Waals surface area contributed by atoms with Gasteiger partial charge in [-0.3, -0.25) is 9.59 Å². The molecule has 0 aliphatic rings. The second kappa shape index (κ2) is 11.9. The van der Waals surface area contributed by atoms with E-state index in [1.165, 1.54) is 5.56 Å². The lowest BCUT2D eigenvalue weighted by Crippen LogP contribution is -2.22. The Morgan fingerprint density at radius 3 is 2.41 bits per heavy atom. The van der Waals surface area contributed by atoms with Crippen LogP contribution in [0.5, 0.6) is 5.75 Å². The summed E-state index contributed by atoms with van der Waals surface area (Å²) in [6.07, 6.45) is 3.47. The van der Waals surface area contributed by atoms with Crippen LogP contribution >= 0.6 is 0 Å². The fourth-order valence-corrected chi connectivity index (χ4v) is 2.88. The first-order valence-electron chi connectivity index (χ1n) is 10.3. The molecule has 0 heterocycles. The van der Waals surface area contributed by atoms with Crippen LogP contribution in [-0.2, 0) is 16.1 Å². The number of amides is 2. The van der Waals surface area contributed by atoms with Gasteiger partial charge >= 0.3 is 0 Å². The first kappa shape index (κ1) is 22.5. The van der Waals surface area contributed by atoms with Gasteiger partial charge in [-0.1, -0.05) is 31.2 Å². The zero-order valence-corrected chi connectivity index (χ0v) is 17.7. The van der Waals surface area contributed by atoms with E-state index in [-0.39, 0.29) is 11.8 Å². The minimum atomic E-state index is 0.0232. The largest absolute Gasteiger partial charge is 0.493 e. The molecule has 0 bridgehead atoms. The molecule has 0 aliphatic carbocycles. The molecule has 0 saturated heterocycles. The molecule has 5 nitrogen and oxygen atoms in total. The minimum absolute atomic E-state index is 0.0232. The highest BCUT2D eigenvalue weighted by molar-refractivity contribution is 5.90. The van der Waals surface area contributed by atoms with Gasteiger partial charge in [-0.05, 0) is 68.0 Å². The Morgan fingerprint density at radius 2 is 1.69 bits per heavy atom. The number of rotatable bonds is 11. The highest BCUT2D eigenvalue weighted by atomic mass is 16.5. The fourth-order valence-electron chi connectivity index (χ4n) is 2.88. The molecule has 0 atom stereocenters. The average Bonchev–Trinajstić information content (AvgIpc) is 2.70. The molecule has 2 N–H and O–H groups in total. The van der Waals surface area contributed by atoms with Gasteiger partial charge in [0.2, 0.25) is 11.8 Å². The highest BCUT2D eigenvalue weighted by Crippen LogP contribution is 2.19. The van der Waals surface area contributed by atoms with E-state index in [9.17, 15) is 9.59 Å². The van der Waals surface area contributed by atoms with Gasteiger partial charge in [-0.2, -0.15) is 0 Å². The van der Waals surface area contributed by atoms with E-state index in [1.54, 1.807) is 0 Å². The number of nitrogens with one attached hydrogen (secondary N) is 2. The molecule has 2 aromatic carbocycles. The van der Waals surface area contributed by atoms with Crippen LogP contribution in [0.3, 0.4) is 0 Å². The molecule has 2 amide bonds. The lowest BCUT2D eigenvalue weighted by Gasteiger charge is -2.10. The van der Waals surface area contributed by atoms with Crippen molar-refractivity contribution >= 4 is 17.5 Å². The predicted octanol–water partition coefficient (Wildman–Crippen LogP) is 4.91. The molecule has 2 aromatic rings. The van der Waals surface area contributed by atoms with Crippen LogP contribution in [0.15, 0.2) is 42.5 Å². The molecular formula is C24H32N2O3. The van der Waals surface area contributed by atoms with Gasteiger partial charge < -0.3 is 15.4 Å². The van der Waals surface area contributed by atoms with E-state index < -0.39 is 0 Å². The third-order valence-electron chi connectivity index (χ3n) is 4.60. The fraction of sp³-hybridized carbons (Fsp3) is 0.417. The maximum atomic E-state index is 12.0. The molecule has 0 spiro atoms. The Morgan fingerprint density at radius 1 is 0.931 bits per heavy atom. The summed E-state index contributed by atoms with van der Waals surface area (Å²) in [6.45, 7) is 7.16. The van der Waals surface area contributed by atoms with Gasteiger partial charge in [-0.15, -0.1) is 0 Å². The molecule has 0 fully saturated rings. The quantitative estimate of drug-likeness (QED) is 0.531. The van der Waals surface area contributed by atoms with Gasteiger partial charge in [0.05, 0.1) is 6.61 Å². The molecule has 29 heavy (non-hydrogen) atoms. The number of carbonyl (C=O) groups excluding carboxylic acids is 2. The van der Waals surface area contributed by atoms with E-state index >= 15 is 0 Å². The maximum absolute atomic E-state index is 12.0. The van der Waals surface area contributed by atoms with Crippen LogP contribution in [0.25, 0.3) is 0 Å². The van der Waals surface area contributed by atoms with E-state index in [0.29, 0.717) is 26.0 Å². The molecule has 0 radical (unpaired) electrons. The Hall–Kier alpha value is -2.82. The third kappa shape index (κ3) is 8.38. The predicted molar refractivity (Wildman–Crippen MR) is 117 cm³/mol. The van der Waals surface area contributed by atoms with Crippen molar-refractivity contribution in [2.24, 2.45) is 0 Å². The lowest BCUT2D eigenvalue weighted by atomic mass is 10.1. The van der Waals surface area contributed by atoms with Crippen molar-refractivity contribution in [2.75, 3.05) is 11.9 Å². The molecular weight excluding hydrogens is 364 g/mol. The summed E-state index contributed by atoms with van der Waals surface area (Å²) in [7, 11) is 0. The van der Waals surface area contributed by atoms with Crippen molar-refractivity contribution in [3.05, 3.63) is 59.2 Å². The molecule has 0 saturated carbocycles. The van der Waals surface area contributed by atoms with E-state index in [2.05, 4.69) is 22.8 Å². The number of hydrogen-bond acceptors (Lipinski definition) is 3. The average molecular weight is 397 g/mol. The van der Waals surface area contributed by atoms with Crippen LogP contribution in [0, 0.1) is 13.8 Å². The number of ether oxygens (including phenoxy) is 1. The monoisotopic (exact) mass is 396 g/mol. The molecule has 0 unspecified atom stereocenters. The van der Waals surface area contributed by atoms with Gasteiger partial charge in [0.1, 0.15) is 5.75 Å². The van der Waals surface area contributed by atoms with Crippen LogP contribution in [0.4, 0.5) is 5.69 Å². The number of anilines is 1. The van der Waals surface area contributed by atoms with E-state index in [4.69, 9.17) is 4.74 Å². The second-order valence-electron chi connectivity index (χ2n) is 7.35. The summed E-state index contributed by atoms with van der Waals surface area (Å²) < 4.78 is 5.82. The summed E-state index contributed by atoms with van der Waals surface area (Å²) in [5, 5.41) is 5.79. The zero-order chi connectivity index (χ0) is 21.1. The topological polar surface area (TPSA) is 67.4 Å². The number of aryl methyl sites for hydroxylation is 2. The summed E-state index contributed by atoms with van der Waals surface area (Å²) in [5.41, 5.74) is 4.10. The van der Waals surface area contributed by atoms with E-state index in [1.807, 2.05) is 51.1 Å². The van der Waals surface area contributed by atoms with Crippen molar-refractivity contribution in [3.8, 4) is 5.75 Å². The highest BCUT2D eigenvalue weighted by Gasteiger charge is 2.04. The molecule has 0 aliphatic heterocycles. The van der Waals surface area contributed by atoms with Crippen LogP contribution in [-0.4, -0.2) is 18.4 Å². The van der Waals surface area contributed by atoms with E-state index in [0.717, 1.165) is 41.8 Å². The SMILES string of the molecule is CCCC(=O)Nc1ccc(CNC(=O)CCCCOc2cc(C)ccc2C)cc1. The van der Waals surface area contributed by atoms with Gasteiger partial charge in [0.15, 0.2) is 0 Å².